The number of hydrogen-bond donors (Lipinski definition) is 0. The molecule has 0 heterocycles. The number of halogens is 1. The standard InChI is InChI=1S/C7H11Cl/c1-3-5-7(8)6-4-2/h5,7H,1,4,6H2,2H3. The Balaban J connectivity index is 3.31. The van der Waals surface area contributed by atoms with Crippen LogP contribution in [0.4, 0.5) is 0 Å². The fraction of sp³-hybridized carbons (Fsp3) is 0.571. The van der Waals surface area contributed by atoms with Gasteiger partial charge in [-0.1, -0.05) is 19.9 Å². The number of hydrogen-bond acceptors (Lipinski definition) is 0. The summed E-state index contributed by atoms with van der Waals surface area (Å²) in [7, 11) is 0. The van der Waals surface area contributed by atoms with Gasteiger partial charge in [0, 0.05) is 0 Å². The number of rotatable bonds is 3. The third-order valence-corrected chi connectivity index (χ3v) is 1.21. The number of allylic oxidation sites excluding steroid dienone is 1. The number of alkyl halides is 1. The first-order valence-electron chi connectivity index (χ1n) is 2.81. The van der Waals surface area contributed by atoms with E-state index in [1.165, 1.54) is 0 Å². The fourth-order valence-corrected chi connectivity index (χ4v) is 0.794. The van der Waals surface area contributed by atoms with Crippen molar-refractivity contribution < 1.29 is 0 Å². The molecular weight excluding hydrogens is 120 g/mol. The van der Waals surface area contributed by atoms with E-state index in [-0.39, 0.29) is 5.38 Å². The summed E-state index contributed by atoms with van der Waals surface area (Å²) in [6, 6.07) is 0. The molecule has 0 saturated heterocycles. The molecule has 0 N–H and O–H groups in total. The van der Waals surface area contributed by atoms with Gasteiger partial charge in [-0.3, -0.25) is 0 Å². The molecule has 1 atom stereocenters. The van der Waals surface area contributed by atoms with Crippen LogP contribution >= 0.6 is 11.6 Å². The van der Waals surface area contributed by atoms with Crippen molar-refractivity contribution in [2.24, 2.45) is 0 Å². The minimum Gasteiger partial charge on any atom is -0.132 e. The summed E-state index contributed by atoms with van der Waals surface area (Å²) in [5.41, 5.74) is 2.65. The Labute approximate surface area is 55.9 Å². The van der Waals surface area contributed by atoms with Crippen molar-refractivity contribution in [2.75, 3.05) is 0 Å². The minimum atomic E-state index is 0.137. The normalized spacial score (nSPS) is 12.2. The molecule has 0 rings (SSSR count). The van der Waals surface area contributed by atoms with Crippen molar-refractivity contribution in [1.29, 1.82) is 0 Å². The van der Waals surface area contributed by atoms with E-state index < -0.39 is 0 Å². The zero-order valence-electron chi connectivity index (χ0n) is 5.15. The molecule has 0 aliphatic carbocycles. The molecule has 0 aliphatic heterocycles. The van der Waals surface area contributed by atoms with Gasteiger partial charge in [-0.25, -0.2) is 0 Å². The summed E-state index contributed by atoms with van der Waals surface area (Å²) in [6.45, 7) is 5.52. The lowest BCUT2D eigenvalue weighted by Crippen LogP contribution is -1.88. The van der Waals surface area contributed by atoms with E-state index in [1.807, 2.05) is 0 Å². The Morgan fingerprint density at radius 3 is 2.88 bits per heavy atom. The van der Waals surface area contributed by atoms with Crippen LogP contribution in [-0.2, 0) is 0 Å². The molecule has 1 heteroatoms. The lowest BCUT2D eigenvalue weighted by Gasteiger charge is -1.95. The SMILES string of the molecule is C=C=CC(Cl)CCC. The molecule has 0 radical (unpaired) electrons. The summed E-state index contributed by atoms with van der Waals surface area (Å²) in [6.07, 6.45) is 3.92. The van der Waals surface area contributed by atoms with Gasteiger partial charge < -0.3 is 0 Å². The van der Waals surface area contributed by atoms with E-state index in [9.17, 15) is 0 Å². The lowest BCUT2D eigenvalue weighted by molar-refractivity contribution is 0.822. The van der Waals surface area contributed by atoms with Gasteiger partial charge in [0.15, 0.2) is 0 Å². The zero-order valence-corrected chi connectivity index (χ0v) is 5.91. The molecule has 0 bridgehead atoms. The maximum absolute atomic E-state index is 5.72. The Bertz CT molecular complexity index is 90.6. The van der Waals surface area contributed by atoms with Crippen LogP contribution in [0.15, 0.2) is 18.4 Å². The second-order valence-corrected chi connectivity index (χ2v) is 2.24. The van der Waals surface area contributed by atoms with Gasteiger partial charge >= 0.3 is 0 Å². The average molecular weight is 131 g/mol. The first-order valence-corrected chi connectivity index (χ1v) is 3.25. The molecule has 0 spiro atoms. The van der Waals surface area contributed by atoms with Crippen LogP contribution in [0, 0.1) is 0 Å². The van der Waals surface area contributed by atoms with E-state index in [0.717, 1.165) is 12.8 Å². The molecule has 0 saturated carbocycles. The maximum atomic E-state index is 5.72. The van der Waals surface area contributed by atoms with Crippen LogP contribution in [-0.4, -0.2) is 5.38 Å². The fourth-order valence-electron chi connectivity index (χ4n) is 0.487. The Hall–Kier alpha value is -0.190. The second kappa shape index (κ2) is 4.96. The summed E-state index contributed by atoms with van der Waals surface area (Å²) < 4.78 is 0. The Morgan fingerprint density at radius 2 is 2.50 bits per heavy atom. The van der Waals surface area contributed by atoms with Crippen LogP contribution in [0.25, 0.3) is 0 Å². The van der Waals surface area contributed by atoms with Crippen molar-refractivity contribution in [3.05, 3.63) is 18.4 Å². The molecule has 0 fully saturated rings. The van der Waals surface area contributed by atoms with E-state index in [2.05, 4.69) is 19.2 Å². The molecule has 0 nitrogen and oxygen atoms in total. The van der Waals surface area contributed by atoms with Crippen LogP contribution in [0.2, 0.25) is 0 Å². The van der Waals surface area contributed by atoms with Gasteiger partial charge in [-0.2, -0.15) is 0 Å². The van der Waals surface area contributed by atoms with Gasteiger partial charge in [-0.05, 0) is 12.5 Å². The molecule has 0 aromatic heterocycles. The summed E-state index contributed by atoms with van der Waals surface area (Å²) in [5, 5.41) is 0.137. The zero-order chi connectivity index (χ0) is 6.41. The van der Waals surface area contributed by atoms with E-state index in [0.29, 0.717) is 0 Å². The van der Waals surface area contributed by atoms with Gasteiger partial charge in [-0.15, -0.1) is 17.3 Å². The van der Waals surface area contributed by atoms with E-state index in [4.69, 9.17) is 11.6 Å². The lowest BCUT2D eigenvalue weighted by atomic mass is 10.2. The predicted molar refractivity (Wildman–Crippen MR) is 38.3 cm³/mol. The third kappa shape index (κ3) is 3.98. The van der Waals surface area contributed by atoms with Gasteiger partial charge in [0.05, 0.1) is 5.38 Å². The first kappa shape index (κ1) is 7.81. The smallest absolute Gasteiger partial charge is 0.0589 e. The molecule has 1 unspecified atom stereocenters. The second-order valence-electron chi connectivity index (χ2n) is 1.68. The van der Waals surface area contributed by atoms with Gasteiger partial charge in [0.1, 0.15) is 0 Å². The Kier molecular flexibility index (Phi) is 4.84. The maximum Gasteiger partial charge on any atom is 0.0589 e. The van der Waals surface area contributed by atoms with Crippen LogP contribution < -0.4 is 0 Å². The van der Waals surface area contributed by atoms with Crippen molar-refractivity contribution in [3.8, 4) is 0 Å². The molecule has 8 heavy (non-hydrogen) atoms. The van der Waals surface area contributed by atoms with Crippen LogP contribution in [0.5, 0.6) is 0 Å². The van der Waals surface area contributed by atoms with Crippen molar-refractivity contribution >= 4 is 11.6 Å². The van der Waals surface area contributed by atoms with Crippen LogP contribution in [0.3, 0.4) is 0 Å². The molecule has 0 aliphatic rings. The topological polar surface area (TPSA) is 0 Å². The van der Waals surface area contributed by atoms with Crippen LogP contribution in [0.1, 0.15) is 19.8 Å². The molecular formula is C7H11Cl. The van der Waals surface area contributed by atoms with Gasteiger partial charge in [0.25, 0.3) is 0 Å². The highest BCUT2D eigenvalue weighted by Gasteiger charge is 1.93. The average Bonchev–Trinajstić information content (AvgIpc) is 1.68. The monoisotopic (exact) mass is 130 g/mol. The van der Waals surface area contributed by atoms with E-state index in [1.54, 1.807) is 6.08 Å². The highest BCUT2D eigenvalue weighted by atomic mass is 35.5. The summed E-state index contributed by atoms with van der Waals surface area (Å²) >= 11 is 5.72. The highest BCUT2D eigenvalue weighted by molar-refractivity contribution is 6.21. The minimum absolute atomic E-state index is 0.137. The van der Waals surface area contributed by atoms with Crippen molar-refractivity contribution in [3.63, 3.8) is 0 Å². The predicted octanol–water partition coefficient (Wildman–Crippen LogP) is 2.74. The molecule has 0 aromatic rings. The quantitative estimate of drug-likeness (QED) is 0.407. The molecule has 0 aromatic carbocycles. The molecule has 46 valence electrons. The largest absolute Gasteiger partial charge is 0.132 e. The van der Waals surface area contributed by atoms with Crippen molar-refractivity contribution in [1.82, 2.24) is 0 Å². The molecule has 0 amide bonds. The van der Waals surface area contributed by atoms with Gasteiger partial charge in [0.2, 0.25) is 0 Å². The summed E-state index contributed by atoms with van der Waals surface area (Å²) in [5.74, 6) is 0. The first-order chi connectivity index (χ1) is 3.81. The third-order valence-electron chi connectivity index (χ3n) is 0.863. The van der Waals surface area contributed by atoms with E-state index >= 15 is 0 Å². The summed E-state index contributed by atoms with van der Waals surface area (Å²) in [4.78, 5) is 0. The Morgan fingerprint density at radius 1 is 1.88 bits per heavy atom. The van der Waals surface area contributed by atoms with Crippen molar-refractivity contribution in [2.45, 2.75) is 25.1 Å². The highest BCUT2D eigenvalue weighted by Crippen LogP contribution is 2.04.